The number of phosphoric ester groups is 1. The standard InChI is InChI=1S/C24H33O4P/c1-13-11-17(23(5,6)7)21-19(15(13)3)20-16(4)14(2)12-18(24(8,9)10)22(20)28-29(25,26)27-21/h11-12H,1-10H3,(H,25,26). The first-order valence-electron chi connectivity index (χ1n) is 10.1. The van der Waals surface area contributed by atoms with Crippen LogP contribution in [0.1, 0.15) is 74.9 Å². The fourth-order valence-corrected chi connectivity index (χ4v) is 4.82. The Bertz CT molecular complexity index is 971. The second-order valence-corrected chi connectivity index (χ2v) is 11.6. The molecule has 0 saturated heterocycles. The van der Waals surface area contributed by atoms with E-state index >= 15 is 0 Å². The maximum Gasteiger partial charge on any atom is 0.584 e. The van der Waals surface area contributed by atoms with Crippen molar-refractivity contribution in [2.75, 3.05) is 0 Å². The molecule has 2 aromatic rings. The van der Waals surface area contributed by atoms with Gasteiger partial charge in [0.1, 0.15) is 11.5 Å². The summed E-state index contributed by atoms with van der Waals surface area (Å²) in [4.78, 5) is 10.7. The summed E-state index contributed by atoms with van der Waals surface area (Å²) in [5.74, 6) is 0.914. The topological polar surface area (TPSA) is 55.8 Å². The Kier molecular flexibility index (Phi) is 5.00. The normalized spacial score (nSPS) is 15.7. The van der Waals surface area contributed by atoms with Gasteiger partial charge in [0.05, 0.1) is 0 Å². The molecule has 0 aliphatic carbocycles. The van der Waals surface area contributed by atoms with Gasteiger partial charge in [0.25, 0.3) is 0 Å². The first-order valence-corrected chi connectivity index (χ1v) is 11.6. The summed E-state index contributed by atoms with van der Waals surface area (Å²) in [6.07, 6.45) is 0. The van der Waals surface area contributed by atoms with Crippen molar-refractivity contribution in [2.45, 2.75) is 80.1 Å². The van der Waals surface area contributed by atoms with Gasteiger partial charge in [-0.1, -0.05) is 53.7 Å². The molecule has 0 radical (unpaired) electrons. The summed E-state index contributed by atoms with van der Waals surface area (Å²) in [5, 5.41) is 0. The highest BCUT2D eigenvalue weighted by Gasteiger charge is 2.40. The molecule has 0 saturated carbocycles. The van der Waals surface area contributed by atoms with Gasteiger partial charge in [-0.05, 0) is 60.8 Å². The van der Waals surface area contributed by atoms with Crippen LogP contribution in [0.15, 0.2) is 12.1 Å². The molecule has 1 aliphatic rings. The average Bonchev–Trinajstić information content (AvgIpc) is 2.65. The second-order valence-electron chi connectivity index (χ2n) is 10.3. The molecule has 0 bridgehead atoms. The highest BCUT2D eigenvalue weighted by Crippen LogP contribution is 2.60. The van der Waals surface area contributed by atoms with Crippen LogP contribution < -0.4 is 9.05 Å². The number of hydrogen-bond donors (Lipinski definition) is 1. The molecule has 1 aliphatic heterocycles. The lowest BCUT2D eigenvalue weighted by Gasteiger charge is -2.27. The van der Waals surface area contributed by atoms with Gasteiger partial charge in [0, 0.05) is 22.3 Å². The van der Waals surface area contributed by atoms with Crippen molar-refractivity contribution < 1.29 is 18.5 Å². The smallest absolute Gasteiger partial charge is 0.394 e. The molecular weight excluding hydrogens is 383 g/mol. The molecule has 1 heterocycles. The molecule has 0 unspecified atom stereocenters. The van der Waals surface area contributed by atoms with Crippen molar-refractivity contribution in [3.63, 3.8) is 0 Å². The monoisotopic (exact) mass is 416 g/mol. The average molecular weight is 416 g/mol. The van der Waals surface area contributed by atoms with E-state index in [9.17, 15) is 9.46 Å². The molecule has 0 atom stereocenters. The third-order valence-electron chi connectivity index (χ3n) is 5.88. The fraction of sp³-hybridized carbons (Fsp3) is 0.500. The Balaban J connectivity index is 2.62. The number of hydrogen-bond acceptors (Lipinski definition) is 3. The molecule has 158 valence electrons. The lowest BCUT2D eigenvalue weighted by molar-refractivity contribution is 0.289. The van der Waals surface area contributed by atoms with Crippen LogP contribution in [0.3, 0.4) is 0 Å². The molecule has 1 N–H and O–H groups in total. The number of fused-ring (bicyclic) bond motifs is 3. The van der Waals surface area contributed by atoms with Crippen LogP contribution in [0.25, 0.3) is 11.1 Å². The number of aryl methyl sites for hydroxylation is 2. The van der Waals surface area contributed by atoms with Crippen molar-refractivity contribution in [3.8, 4) is 22.6 Å². The molecule has 2 aromatic carbocycles. The maximum atomic E-state index is 13.0. The number of benzene rings is 2. The largest absolute Gasteiger partial charge is 0.584 e. The lowest BCUT2D eigenvalue weighted by Crippen LogP contribution is -2.15. The Morgan fingerprint density at radius 2 is 1.03 bits per heavy atom. The van der Waals surface area contributed by atoms with Gasteiger partial charge in [-0.2, -0.15) is 0 Å². The molecule has 0 aromatic heterocycles. The minimum atomic E-state index is -4.36. The molecule has 0 amide bonds. The van der Waals surface area contributed by atoms with E-state index in [2.05, 4.69) is 67.5 Å². The van der Waals surface area contributed by atoms with Crippen molar-refractivity contribution in [3.05, 3.63) is 45.5 Å². The van der Waals surface area contributed by atoms with Gasteiger partial charge in [-0.25, -0.2) is 4.57 Å². The van der Waals surface area contributed by atoms with Gasteiger partial charge in [0.15, 0.2) is 0 Å². The summed E-state index contributed by atoms with van der Waals surface area (Å²) in [5.41, 5.74) is 7.31. The van der Waals surface area contributed by atoms with Crippen LogP contribution in [-0.2, 0) is 15.4 Å². The van der Waals surface area contributed by atoms with Crippen molar-refractivity contribution >= 4 is 7.82 Å². The Hall–Kier alpha value is -1.77. The first kappa shape index (κ1) is 21.9. The Morgan fingerprint density at radius 1 is 0.724 bits per heavy atom. The van der Waals surface area contributed by atoms with E-state index in [1.807, 2.05) is 13.8 Å². The highest BCUT2D eigenvalue weighted by atomic mass is 31.2. The second kappa shape index (κ2) is 6.62. The molecule has 29 heavy (non-hydrogen) atoms. The van der Waals surface area contributed by atoms with Gasteiger partial charge in [-0.15, -0.1) is 0 Å². The molecule has 5 heteroatoms. The van der Waals surface area contributed by atoms with E-state index in [0.29, 0.717) is 11.5 Å². The van der Waals surface area contributed by atoms with Crippen molar-refractivity contribution in [2.24, 2.45) is 0 Å². The van der Waals surface area contributed by atoms with Crippen molar-refractivity contribution in [1.29, 1.82) is 0 Å². The summed E-state index contributed by atoms with van der Waals surface area (Å²) in [6.45, 7) is 20.7. The Morgan fingerprint density at radius 3 is 1.31 bits per heavy atom. The predicted molar refractivity (Wildman–Crippen MR) is 119 cm³/mol. The van der Waals surface area contributed by atoms with Crippen LogP contribution in [-0.4, -0.2) is 4.89 Å². The third-order valence-corrected chi connectivity index (χ3v) is 6.70. The van der Waals surface area contributed by atoms with Gasteiger partial charge < -0.3 is 9.05 Å². The number of phosphoric acid groups is 1. The summed E-state index contributed by atoms with van der Waals surface area (Å²) < 4.78 is 24.6. The van der Waals surface area contributed by atoms with Gasteiger partial charge in [-0.3, -0.25) is 4.89 Å². The molecular formula is C24H33O4P. The molecule has 3 rings (SSSR count). The minimum absolute atomic E-state index is 0.266. The van der Waals surface area contributed by atoms with E-state index in [-0.39, 0.29) is 10.8 Å². The summed E-state index contributed by atoms with van der Waals surface area (Å²) in [7, 11) is -4.36. The zero-order valence-corrected chi connectivity index (χ0v) is 20.2. The molecule has 0 spiro atoms. The van der Waals surface area contributed by atoms with E-state index in [0.717, 1.165) is 44.5 Å². The van der Waals surface area contributed by atoms with Crippen LogP contribution >= 0.6 is 7.82 Å². The van der Waals surface area contributed by atoms with Crippen LogP contribution in [0.2, 0.25) is 0 Å². The molecule has 4 nitrogen and oxygen atoms in total. The van der Waals surface area contributed by atoms with Crippen molar-refractivity contribution in [1.82, 2.24) is 0 Å². The zero-order valence-electron chi connectivity index (χ0n) is 19.3. The van der Waals surface area contributed by atoms with Gasteiger partial charge in [0.2, 0.25) is 0 Å². The van der Waals surface area contributed by atoms with E-state index < -0.39 is 7.82 Å². The number of rotatable bonds is 0. The minimum Gasteiger partial charge on any atom is -0.394 e. The van der Waals surface area contributed by atoms with Crippen LogP contribution in [0.4, 0.5) is 0 Å². The lowest BCUT2D eigenvalue weighted by atomic mass is 9.78. The van der Waals surface area contributed by atoms with Crippen LogP contribution in [0, 0.1) is 27.7 Å². The predicted octanol–water partition coefficient (Wildman–Crippen LogP) is 7.05. The van der Waals surface area contributed by atoms with Gasteiger partial charge >= 0.3 is 7.82 Å². The quantitative estimate of drug-likeness (QED) is 0.467. The highest BCUT2D eigenvalue weighted by molar-refractivity contribution is 7.48. The zero-order chi connectivity index (χ0) is 22.1. The maximum absolute atomic E-state index is 13.0. The van der Waals surface area contributed by atoms with Crippen LogP contribution in [0.5, 0.6) is 11.5 Å². The molecule has 0 fully saturated rings. The first-order chi connectivity index (χ1) is 13.0. The Labute approximate surface area is 174 Å². The summed E-state index contributed by atoms with van der Waals surface area (Å²) in [6, 6.07) is 4.13. The summed E-state index contributed by atoms with van der Waals surface area (Å²) >= 11 is 0. The van der Waals surface area contributed by atoms with E-state index in [4.69, 9.17) is 9.05 Å². The third kappa shape index (κ3) is 3.73. The fourth-order valence-electron chi connectivity index (χ4n) is 3.94. The SMILES string of the molecule is Cc1cc(C(C)(C)C)c2c(c1C)-c1c(C)c(C)cc(C(C)(C)C)c1OP(=O)(O)O2. The van der Waals surface area contributed by atoms with E-state index in [1.165, 1.54) is 0 Å². The van der Waals surface area contributed by atoms with E-state index in [1.54, 1.807) is 0 Å².